The molecule has 1 N–H and O–H groups in total. The Bertz CT molecular complexity index is 411. The van der Waals surface area contributed by atoms with Crippen LogP contribution < -0.4 is 0 Å². The summed E-state index contributed by atoms with van der Waals surface area (Å²) in [4.78, 5) is 13.5. The van der Waals surface area contributed by atoms with Crippen molar-refractivity contribution < 1.29 is 14.6 Å². The maximum absolute atomic E-state index is 12.0. The Morgan fingerprint density at radius 2 is 1.90 bits per heavy atom. The number of carbonyl (C=O) groups excluding carboxylic acids is 1. The average Bonchev–Trinajstić information content (AvgIpc) is 2.41. The molecular formula is C16H25NO3. The van der Waals surface area contributed by atoms with E-state index < -0.39 is 6.09 Å². The molecule has 20 heavy (non-hydrogen) atoms. The molecule has 0 bridgehead atoms. The number of ether oxygens (including phenoxy) is 1. The normalized spacial score (nSPS) is 12.8. The molecule has 0 aliphatic carbocycles. The van der Waals surface area contributed by atoms with Crippen LogP contribution >= 0.6 is 0 Å². The van der Waals surface area contributed by atoms with Crippen molar-refractivity contribution in [3.8, 4) is 0 Å². The van der Waals surface area contributed by atoms with Gasteiger partial charge in [-0.3, -0.25) is 0 Å². The molecule has 0 spiro atoms. The van der Waals surface area contributed by atoms with Gasteiger partial charge in [0, 0.05) is 7.05 Å². The van der Waals surface area contributed by atoms with Crippen LogP contribution in [0.5, 0.6) is 0 Å². The van der Waals surface area contributed by atoms with Gasteiger partial charge in [0.25, 0.3) is 0 Å². The summed E-state index contributed by atoms with van der Waals surface area (Å²) in [7, 11) is 1.67. The summed E-state index contributed by atoms with van der Waals surface area (Å²) in [6.07, 6.45) is 0.317. The van der Waals surface area contributed by atoms with Crippen LogP contribution in [-0.2, 0) is 11.3 Å². The van der Waals surface area contributed by atoms with E-state index in [-0.39, 0.29) is 24.7 Å². The molecule has 0 aliphatic heterocycles. The predicted molar refractivity (Wildman–Crippen MR) is 79.3 cm³/mol. The van der Waals surface area contributed by atoms with Crippen LogP contribution in [0, 0.1) is 5.41 Å². The summed E-state index contributed by atoms with van der Waals surface area (Å²) in [6.45, 7) is 6.43. The summed E-state index contributed by atoms with van der Waals surface area (Å²) in [5.41, 5.74) is 0.993. The van der Waals surface area contributed by atoms with Crippen molar-refractivity contribution >= 4 is 6.09 Å². The summed E-state index contributed by atoms with van der Waals surface area (Å²) in [6, 6.07) is 9.32. The largest absolute Gasteiger partial charge is 0.445 e. The number of carbonyl (C=O) groups is 1. The predicted octanol–water partition coefficient (Wildman–Crippen LogP) is 3.05. The van der Waals surface area contributed by atoms with Crippen LogP contribution in [0.25, 0.3) is 0 Å². The van der Waals surface area contributed by atoms with E-state index in [1.165, 1.54) is 4.90 Å². The third-order valence-corrected chi connectivity index (χ3v) is 3.10. The molecule has 0 heterocycles. The second kappa shape index (κ2) is 7.29. The molecule has 1 atom stereocenters. The highest BCUT2D eigenvalue weighted by molar-refractivity contribution is 5.67. The first kappa shape index (κ1) is 16.5. The first-order chi connectivity index (χ1) is 9.33. The van der Waals surface area contributed by atoms with Crippen molar-refractivity contribution in [2.75, 3.05) is 13.7 Å². The van der Waals surface area contributed by atoms with Crippen LogP contribution in [0.1, 0.15) is 32.8 Å². The number of aliphatic hydroxyl groups excluding tert-OH is 1. The fraction of sp³-hybridized carbons (Fsp3) is 0.562. The lowest BCUT2D eigenvalue weighted by Crippen LogP contribution is -2.41. The molecule has 0 saturated carbocycles. The van der Waals surface area contributed by atoms with Gasteiger partial charge in [0.15, 0.2) is 0 Å². The van der Waals surface area contributed by atoms with Crippen LogP contribution in [0.2, 0.25) is 0 Å². The molecule has 4 nitrogen and oxygen atoms in total. The Hall–Kier alpha value is -1.55. The molecule has 1 unspecified atom stereocenters. The third kappa shape index (κ3) is 5.61. The summed E-state index contributed by atoms with van der Waals surface area (Å²) < 4.78 is 5.26. The van der Waals surface area contributed by atoms with Crippen molar-refractivity contribution in [1.29, 1.82) is 0 Å². The van der Waals surface area contributed by atoms with Crippen LogP contribution in [-0.4, -0.2) is 35.8 Å². The second-order valence-corrected chi connectivity index (χ2v) is 6.25. The lowest BCUT2D eigenvalue weighted by molar-refractivity contribution is 0.0640. The van der Waals surface area contributed by atoms with E-state index in [0.29, 0.717) is 0 Å². The van der Waals surface area contributed by atoms with E-state index in [4.69, 9.17) is 4.74 Å². The molecule has 0 aliphatic rings. The van der Waals surface area contributed by atoms with Gasteiger partial charge >= 0.3 is 6.09 Å². The minimum absolute atomic E-state index is 0.0430. The maximum Gasteiger partial charge on any atom is 0.410 e. The molecule has 1 amide bonds. The van der Waals surface area contributed by atoms with Gasteiger partial charge in [-0.05, 0) is 17.4 Å². The molecule has 0 saturated heterocycles. The standard InChI is InChI=1S/C16H25NO3/c1-16(2,3)10-14(11-18)17(4)15(19)20-12-13-8-6-5-7-9-13/h5-9,14,18H,10-12H2,1-4H3. The minimum atomic E-state index is -0.405. The fourth-order valence-electron chi connectivity index (χ4n) is 2.00. The molecular weight excluding hydrogens is 254 g/mol. The zero-order valence-corrected chi connectivity index (χ0v) is 12.8. The van der Waals surface area contributed by atoms with Gasteiger partial charge < -0.3 is 14.7 Å². The number of hydrogen-bond donors (Lipinski definition) is 1. The Morgan fingerprint density at radius 3 is 2.40 bits per heavy atom. The highest BCUT2D eigenvalue weighted by atomic mass is 16.6. The third-order valence-electron chi connectivity index (χ3n) is 3.10. The van der Waals surface area contributed by atoms with Crippen molar-refractivity contribution in [2.45, 2.75) is 39.8 Å². The van der Waals surface area contributed by atoms with E-state index in [9.17, 15) is 9.90 Å². The molecule has 1 aromatic carbocycles. The van der Waals surface area contributed by atoms with Gasteiger partial charge in [-0.25, -0.2) is 4.79 Å². The monoisotopic (exact) mass is 279 g/mol. The Morgan fingerprint density at radius 1 is 1.30 bits per heavy atom. The molecule has 112 valence electrons. The molecule has 1 aromatic rings. The smallest absolute Gasteiger partial charge is 0.410 e. The van der Waals surface area contributed by atoms with E-state index in [2.05, 4.69) is 20.8 Å². The Labute approximate surface area is 121 Å². The number of nitrogens with zero attached hydrogens (tertiary/aromatic N) is 1. The molecule has 0 fully saturated rings. The number of likely N-dealkylation sites (N-methyl/N-ethyl adjacent to an activating group) is 1. The maximum atomic E-state index is 12.0. The van der Waals surface area contributed by atoms with E-state index in [0.717, 1.165) is 12.0 Å². The van der Waals surface area contributed by atoms with E-state index in [1.807, 2.05) is 30.3 Å². The van der Waals surface area contributed by atoms with Gasteiger partial charge in [-0.2, -0.15) is 0 Å². The molecule has 0 radical (unpaired) electrons. The second-order valence-electron chi connectivity index (χ2n) is 6.25. The van der Waals surface area contributed by atoms with Crippen molar-refractivity contribution in [2.24, 2.45) is 5.41 Å². The first-order valence-corrected chi connectivity index (χ1v) is 6.88. The fourth-order valence-corrected chi connectivity index (χ4v) is 2.00. The van der Waals surface area contributed by atoms with Crippen molar-refractivity contribution in [3.63, 3.8) is 0 Å². The van der Waals surface area contributed by atoms with Crippen LogP contribution in [0.3, 0.4) is 0 Å². The van der Waals surface area contributed by atoms with Crippen LogP contribution in [0.4, 0.5) is 4.79 Å². The van der Waals surface area contributed by atoms with Gasteiger partial charge in [0.2, 0.25) is 0 Å². The van der Waals surface area contributed by atoms with Crippen molar-refractivity contribution in [3.05, 3.63) is 35.9 Å². The number of rotatable bonds is 5. The lowest BCUT2D eigenvalue weighted by Gasteiger charge is -2.31. The van der Waals surface area contributed by atoms with Gasteiger partial charge in [0.05, 0.1) is 12.6 Å². The highest BCUT2D eigenvalue weighted by Gasteiger charge is 2.25. The number of benzene rings is 1. The van der Waals surface area contributed by atoms with E-state index >= 15 is 0 Å². The van der Waals surface area contributed by atoms with Gasteiger partial charge in [0.1, 0.15) is 6.61 Å². The SMILES string of the molecule is CN(C(=O)OCc1ccccc1)C(CO)CC(C)(C)C. The Kier molecular flexibility index (Phi) is 6.02. The first-order valence-electron chi connectivity index (χ1n) is 6.88. The molecule has 1 rings (SSSR count). The van der Waals surface area contributed by atoms with E-state index in [1.54, 1.807) is 7.05 Å². The molecule has 4 heteroatoms. The quantitative estimate of drug-likeness (QED) is 0.901. The van der Waals surface area contributed by atoms with Gasteiger partial charge in [-0.1, -0.05) is 51.1 Å². The summed E-state index contributed by atoms with van der Waals surface area (Å²) in [5, 5.41) is 9.44. The molecule has 0 aromatic heterocycles. The zero-order valence-electron chi connectivity index (χ0n) is 12.8. The van der Waals surface area contributed by atoms with Crippen molar-refractivity contribution in [1.82, 2.24) is 4.90 Å². The number of hydrogen-bond acceptors (Lipinski definition) is 3. The minimum Gasteiger partial charge on any atom is -0.445 e. The average molecular weight is 279 g/mol. The topological polar surface area (TPSA) is 49.8 Å². The zero-order chi connectivity index (χ0) is 15.2. The number of amides is 1. The lowest BCUT2D eigenvalue weighted by atomic mass is 9.88. The summed E-state index contributed by atoms with van der Waals surface area (Å²) in [5.74, 6) is 0. The highest BCUT2D eigenvalue weighted by Crippen LogP contribution is 2.23. The van der Waals surface area contributed by atoms with Gasteiger partial charge in [-0.15, -0.1) is 0 Å². The Balaban J connectivity index is 2.52. The summed E-state index contributed by atoms with van der Waals surface area (Å²) >= 11 is 0. The number of aliphatic hydroxyl groups is 1. The van der Waals surface area contributed by atoms with Crippen LogP contribution in [0.15, 0.2) is 30.3 Å².